The van der Waals surface area contributed by atoms with Gasteiger partial charge in [-0.05, 0) is 48.6 Å². The molecule has 0 bridgehead atoms. The summed E-state index contributed by atoms with van der Waals surface area (Å²) in [5.41, 5.74) is 3.09. The summed E-state index contributed by atoms with van der Waals surface area (Å²) in [6.07, 6.45) is 7.58. The highest BCUT2D eigenvalue weighted by Crippen LogP contribution is 2.42. The molecule has 1 saturated carbocycles. The zero-order valence-corrected chi connectivity index (χ0v) is 10.2. The first-order chi connectivity index (χ1) is 7.99. The molecule has 2 heteroatoms. The van der Waals surface area contributed by atoms with Gasteiger partial charge in [0.15, 0.2) is 11.6 Å². The van der Waals surface area contributed by atoms with Crippen LogP contribution in [0.2, 0.25) is 0 Å². The monoisotopic (exact) mass is 228 g/mol. The number of carbonyl (C=O) groups excluding carboxylic acids is 2. The molecule has 0 radical (unpaired) electrons. The van der Waals surface area contributed by atoms with Gasteiger partial charge in [0.2, 0.25) is 0 Å². The lowest BCUT2D eigenvalue weighted by atomic mass is 9.70. The Kier molecular flexibility index (Phi) is 2.97. The van der Waals surface area contributed by atoms with Crippen LogP contribution in [0.5, 0.6) is 0 Å². The minimum atomic E-state index is 0.0325. The van der Waals surface area contributed by atoms with Gasteiger partial charge in [0.25, 0.3) is 0 Å². The maximum atomic E-state index is 11.4. The number of hydrogen-bond donors (Lipinski definition) is 0. The van der Waals surface area contributed by atoms with Crippen molar-refractivity contribution in [2.45, 2.75) is 20.3 Å². The van der Waals surface area contributed by atoms with E-state index in [1.807, 2.05) is 6.08 Å². The second-order valence-corrected chi connectivity index (χ2v) is 4.78. The number of rotatable bonds is 1. The van der Waals surface area contributed by atoms with Gasteiger partial charge >= 0.3 is 0 Å². The van der Waals surface area contributed by atoms with Gasteiger partial charge in [-0.2, -0.15) is 0 Å². The van der Waals surface area contributed by atoms with Crippen LogP contribution in [-0.2, 0) is 9.59 Å². The fourth-order valence-corrected chi connectivity index (χ4v) is 2.54. The number of carbonyl (C=O) groups is 2. The molecule has 88 valence electrons. The molecular formula is C15H16O2. The van der Waals surface area contributed by atoms with Gasteiger partial charge in [-0.1, -0.05) is 25.2 Å². The van der Waals surface area contributed by atoms with Crippen LogP contribution in [-0.4, -0.2) is 11.6 Å². The fraction of sp³-hybridized carbons (Fsp3) is 0.333. The maximum absolute atomic E-state index is 11.4. The molecule has 2 aliphatic rings. The van der Waals surface area contributed by atoms with Gasteiger partial charge in [-0.15, -0.1) is 0 Å². The second-order valence-electron chi connectivity index (χ2n) is 4.78. The van der Waals surface area contributed by atoms with Crippen molar-refractivity contribution in [2.24, 2.45) is 11.8 Å². The normalized spacial score (nSPS) is 30.2. The lowest BCUT2D eigenvalue weighted by Crippen LogP contribution is -2.24. The number of allylic oxidation sites excluding steroid dienone is 7. The van der Waals surface area contributed by atoms with Crippen molar-refractivity contribution in [2.75, 3.05) is 0 Å². The van der Waals surface area contributed by atoms with Crippen molar-refractivity contribution >= 4 is 11.6 Å². The molecule has 0 aliphatic heterocycles. The molecule has 0 saturated heterocycles. The number of fused-ring (bicyclic) bond motifs is 1. The average Bonchev–Trinajstić information content (AvgIpc) is 2.24. The third kappa shape index (κ3) is 2.21. The van der Waals surface area contributed by atoms with E-state index in [-0.39, 0.29) is 23.4 Å². The fourth-order valence-electron chi connectivity index (χ4n) is 2.54. The van der Waals surface area contributed by atoms with Crippen LogP contribution in [0.25, 0.3) is 0 Å². The van der Waals surface area contributed by atoms with E-state index in [1.165, 1.54) is 6.92 Å². The Morgan fingerprint density at radius 2 is 2.24 bits per heavy atom. The summed E-state index contributed by atoms with van der Waals surface area (Å²) >= 11 is 0. The SMILES string of the molecule is C=C1/C(=C\C(C)=O)CC2=CC(=O)C=CC2C1C. The van der Waals surface area contributed by atoms with Crippen molar-refractivity contribution < 1.29 is 9.59 Å². The first kappa shape index (κ1) is 11.8. The molecule has 0 amide bonds. The van der Waals surface area contributed by atoms with Gasteiger partial charge in [0.05, 0.1) is 0 Å². The van der Waals surface area contributed by atoms with Crippen molar-refractivity contribution in [3.8, 4) is 0 Å². The third-order valence-electron chi connectivity index (χ3n) is 3.50. The van der Waals surface area contributed by atoms with Gasteiger partial charge in [0.1, 0.15) is 0 Å². The largest absolute Gasteiger partial charge is 0.295 e. The van der Waals surface area contributed by atoms with Crippen molar-refractivity contribution in [1.29, 1.82) is 0 Å². The predicted octanol–water partition coefficient (Wildman–Crippen LogP) is 2.78. The Bertz CT molecular complexity index is 489. The molecule has 2 unspecified atom stereocenters. The minimum absolute atomic E-state index is 0.0325. The topological polar surface area (TPSA) is 34.1 Å². The summed E-state index contributed by atoms with van der Waals surface area (Å²) in [7, 11) is 0. The van der Waals surface area contributed by atoms with Crippen LogP contribution in [0.4, 0.5) is 0 Å². The lowest BCUT2D eigenvalue weighted by molar-refractivity contribution is -0.112. The number of hydrogen-bond acceptors (Lipinski definition) is 2. The summed E-state index contributed by atoms with van der Waals surface area (Å²) in [6.45, 7) is 7.70. The molecule has 2 aliphatic carbocycles. The summed E-state index contributed by atoms with van der Waals surface area (Å²) in [5.74, 6) is 0.595. The Hall–Kier alpha value is -1.70. The first-order valence-corrected chi connectivity index (χ1v) is 5.82. The Labute approximate surface area is 101 Å². The molecule has 0 N–H and O–H groups in total. The summed E-state index contributed by atoms with van der Waals surface area (Å²) < 4.78 is 0. The average molecular weight is 228 g/mol. The van der Waals surface area contributed by atoms with E-state index in [9.17, 15) is 9.59 Å². The molecule has 17 heavy (non-hydrogen) atoms. The van der Waals surface area contributed by atoms with Crippen LogP contribution in [0.15, 0.2) is 47.6 Å². The minimum Gasteiger partial charge on any atom is -0.295 e. The van der Waals surface area contributed by atoms with E-state index in [1.54, 1.807) is 18.2 Å². The van der Waals surface area contributed by atoms with E-state index >= 15 is 0 Å². The van der Waals surface area contributed by atoms with Gasteiger partial charge in [0, 0.05) is 5.92 Å². The molecule has 0 aromatic carbocycles. The molecular weight excluding hydrogens is 212 g/mol. The van der Waals surface area contributed by atoms with E-state index in [0.29, 0.717) is 6.42 Å². The smallest absolute Gasteiger partial charge is 0.178 e. The van der Waals surface area contributed by atoms with Crippen LogP contribution in [0.1, 0.15) is 20.3 Å². The Morgan fingerprint density at radius 1 is 1.53 bits per heavy atom. The Balaban J connectivity index is 2.37. The van der Waals surface area contributed by atoms with Gasteiger partial charge in [-0.25, -0.2) is 0 Å². The molecule has 2 atom stereocenters. The van der Waals surface area contributed by atoms with E-state index in [2.05, 4.69) is 13.5 Å². The highest BCUT2D eigenvalue weighted by atomic mass is 16.1. The maximum Gasteiger partial charge on any atom is 0.178 e. The molecule has 0 spiro atoms. The standard InChI is InChI=1S/C15H16O2/c1-9(16)6-12-7-13-8-14(17)4-5-15(13)11(3)10(12)2/h4-6,8,11,15H,2,7H2,1,3H3/b12-6-. The van der Waals surface area contributed by atoms with E-state index in [0.717, 1.165) is 16.7 Å². The third-order valence-corrected chi connectivity index (χ3v) is 3.50. The Morgan fingerprint density at radius 3 is 2.88 bits per heavy atom. The highest BCUT2D eigenvalue weighted by molar-refractivity contribution is 6.01. The second kappa shape index (κ2) is 4.28. The van der Waals surface area contributed by atoms with Crippen LogP contribution in [0, 0.1) is 11.8 Å². The summed E-state index contributed by atoms with van der Waals surface area (Å²) in [4.78, 5) is 22.5. The predicted molar refractivity (Wildman–Crippen MR) is 67.4 cm³/mol. The highest BCUT2D eigenvalue weighted by Gasteiger charge is 2.31. The zero-order valence-electron chi connectivity index (χ0n) is 10.2. The first-order valence-electron chi connectivity index (χ1n) is 5.82. The molecule has 1 fully saturated rings. The number of ketones is 2. The summed E-state index contributed by atoms with van der Waals surface area (Å²) in [6, 6.07) is 0. The molecule has 0 heterocycles. The van der Waals surface area contributed by atoms with Gasteiger partial charge in [-0.3, -0.25) is 9.59 Å². The molecule has 0 aromatic heterocycles. The summed E-state index contributed by atoms with van der Waals surface area (Å²) in [5, 5.41) is 0. The van der Waals surface area contributed by atoms with Crippen molar-refractivity contribution in [3.63, 3.8) is 0 Å². The molecule has 2 rings (SSSR count). The van der Waals surface area contributed by atoms with Crippen LogP contribution in [0.3, 0.4) is 0 Å². The van der Waals surface area contributed by atoms with Crippen LogP contribution >= 0.6 is 0 Å². The van der Waals surface area contributed by atoms with E-state index < -0.39 is 0 Å². The van der Waals surface area contributed by atoms with Crippen molar-refractivity contribution in [3.05, 3.63) is 47.6 Å². The lowest BCUT2D eigenvalue weighted by Gasteiger charge is -2.34. The zero-order chi connectivity index (χ0) is 12.6. The quantitative estimate of drug-likeness (QED) is 0.647. The van der Waals surface area contributed by atoms with E-state index in [4.69, 9.17) is 0 Å². The van der Waals surface area contributed by atoms with Gasteiger partial charge < -0.3 is 0 Å². The van der Waals surface area contributed by atoms with Crippen molar-refractivity contribution in [1.82, 2.24) is 0 Å². The molecule has 0 aromatic rings. The van der Waals surface area contributed by atoms with Crippen LogP contribution < -0.4 is 0 Å². The molecule has 2 nitrogen and oxygen atoms in total.